The number of carbonyl (C=O) groups excluding carboxylic acids is 2. The molecule has 1 fully saturated rings. The number of amides is 2. The van der Waals surface area contributed by atoms with Crippen LogP contribution in [0.3, 0.4) is 0 Å². The molecule has 3 atom stereocenters. The minimum Gasteiger partial charge on any atom is -0.342 e. The van der Waals surface area contributed by atoms with E-state index in [1.165, 1.54) is 0 Å². The molecule has 3 unspecified atom stereocenters. The summed E-state index contributed by atoms with van der Waals surface area (Å²) in [5.74, 6) is 0.664. The molecule has 0 aromatic rings. The zero-order chi connectivity index (χ0) is 16.5. The topological polar surface area (TPSA) is 49.4 Å². The van der Waals surface area contributed by atoms with Crippen LogP contribution in [-0.2, 0) is 9.59 Å². The zero-order valence-electron chi connectivity index (χ0n) is 14.9. The second kappa shape index (κ2) is 6.37. The zero-order valence-corrected chi connectivity index (χ0v) is 14.9. The molecule has 1 rings (SSSR count). The molecule has 1 heterocycles. The molecule has 1 aliphatic rings. The Morgan fingerprint density at radius 1 is 1.10 bits per heavy atom. The van der Waals surface area contributed by atoms with Crippen molar-refractivity contribution < 1.29 is 9.59 Å². The van der Waals surface area contributed by atoms with Gasteiger partial charge in [0.1, 0.15) is 12.1 Å². The van der Waals surface area contributed by atoms with Crippen LogP contribution >= 0.6 is 0 Å². The normalized spacial score (nSPS) is 25.5. The van der Waals surface area contributed by atoms with Crippen molar-refractivity contribution in [2.75, 3.05) is 0 Å². The monoisotopic (exact) mass is 296 g/mol. The van der Waals surface area contributed by atoms with E-state index in [4.69, 9.17) is 0 Å². The van der Waals surface area contributed by atoms with Crippen molar-refractivity contribution >= 4 is 11.8 Å². The van der Waals surface area contributed by atoms with Crippen LogP contribution in [0.2, 0.25) is 0 Å². The van der Waals surface area contributed by atoms with E-state index in [0.29, 0.717) is 5.92 Å². The summed E-state index contributed by atoms with van der Waals surface area (Å²) < 4.78 is 0. The molecule has 0 spiro atoms. The molecule has 0 aromatic carbocycles. The molecule has 0 radical (unpaired) electrons. The molecule has 4 heteroatoms. The van der Waals surface area contributed by atoms with Gasteiger partial charge in [0.05, 0.1) is 0 Å². The van der Waals surface area contributed by atoms with E-state index in [-0.39, 0.29) is 35.2 Å². The highest BCUT2D eigenvalue weighted by atomic mass is 16.2. The number of hydrogen-bond acceptors (Lipinski definition) is 2. The van der Waals surface area contributed by atoms with E-state index >= 15 is 0 Å². The third-order valence-electron chi connectivity index (χ3n) is 4.14. The van der Waals surface area contributed by atoms with E-state index in [0.717, 1.165) is 6.42 Å². The van der Waals surface area contributed by atoms with Crippen molar-refractivity contribution in [3.63, 3.8) is 0 Å². The minimum atomic E-state index is -0.436. The molecule has 2 amide bonds. The predicted molar refractivity (Wildman–Crippen MR) is 85.8 cm³/mol. The first-order valence-corrected chi connectivity index (χ1v) is 8.09. The summed E-state index contributed by atoms with van der Waals surface area (Å²) in [5, 5.41) is 2.95. The standard InChI is InChI=1S/C17H32N2O2/c1-10(2)9-12(5)19-13(11(3)4)15(20)18-14(16(19)21)17(6,7)8/h10-14H,9H2,1-8H3,(H,18,20). The van der Waals surface area contributed by atoms with Gasteiger partial charge < -0.3 is 10.2 Å². The molecular formula is C17H32N2O2. The Bertz CT molecular complexity index is 396. The van der Waals surface area contributed by atoms with Crippen molar-refractivity contribution in [1.82, 2.24) is 10.2 Å². The van der Waals surface area contributed by atoms with Gasteiger partial charge in [-0.2, -0.15) is 0 Å². The predicted octanol–water partition coefficient (Wildman–Crippen LogP) is 2.82. The van der Waals surface area contributed by atoms with Crippen LogP contribution in [-0.4, -0.2) is 34.8 Å². The van der Waals surface area contributed by atoms with Gasteiger partial charge in [-0.3, -0.25) is 9.59 Å². The van der Waals surface area contributed by atoms with E-state index in [1.807, 2.05) is 39.5 Å². The Balaban J connectivity index is 3.15. The fourth-order valence-electron chi connectivity index (χ4n) is 3.20. The third-order valence-corrected chi connectivity index (χ3v) is 4.14. The second-order valence-electron chi connectivity index (χ2n) is 8.22. The smallest absolute Gasteiger partial charge is 0.246 e. The van der Waals surface area contributed by atoms with E-state index in [1.54, 1.807) is 0 Å². The van der Waals surface area contributed by atoms with Crippen molar-refractivity contribution in [2.45, 2.75) is 79.9 Å². The Morgan fingerprint density at radius 3 is 2.00 bits per heavy atom. The number of rotatable bonds is 4. The summed E-state index contributed by atoms with van der Waals surface area (Å²) in [6.45, 7) is 16.4. The quantitative estimate of drug-likeness (QED) is 0.867. The summed E-state index contributed by atoms with van der Waals surface area (Å²) in [4.78, 5) is 27.3. The second-order valence-corrected chi connectivity index (χ2v) is 8.22. The highest BCUT2D eigenvalue weighted by Gasteiger charge is 2.47. The fourth-order valence-corrected chi connectivity index (χ4v) is 3.20. The van der Waals surface area contributed by atoms with Crippen molar-refractivity contribution in [3.8, 4) is 0 Å². The van der Waals surface area contributed by atoms with Crippen LogP contribution in [0.1, 0.15) is 61.8 Å². The summed E-state index contributed by atoms with van der Waals surface area (Å²) in [5.41, 5.74) is -0.273. The van der Waals surface area contributed by atoms with Gasteiger partial charge in [-0.15, -0.1) is 0 Å². The SMILES string of the molecule is CC(C)CC(C)N1C(=O)C(C(C)(C)C)NC(=O)C1C(C)C. The molecule has 0 aromatic heterocycles. The van der Waals surface area contributed by atoms with E-state index < -0.39 is 6.04 Å². The molecule has 1 saturated heterocycles. The summed E-state index contributed by atoms with van der Waals surface area (Å²) in [6.07, 6.45) is 0.916. The average Bonchev–Trinajstić information content (AvgIpc) is 2.27. The lowest BCUT2D eigenvalue weighted by atomic mass is 9.82. The van der Waals surface area contributed by atoms with Gasteiger partial charge in [-0.25, -0.2) is 0 Å². The van der Waals surface area contributed by atoms with Gasteiger partial charge >= 0.3 is 0 Å². The summed E-state index contributed by atoms with van der Waals surface area (Å²) in [7, 11) is 0. The Kier molecular flexibility index (Phi) is 5.46. The van der Waals surface area contributed by atoms with Crippen LogP contribution in [0.15, 0.2) is 0 Å². The maximum atomic E-state index is 13.0. The molecule has 4 nitrogen and oxygen atoms in total. The molecule has 1 aliphatic heterocycles. The van der Waals surface area contributed by atoms with Crippen molar-refractivity contribution in [2.24, 2.45) is 17.3 Å². The largest absolute Gasteiger partial charge is 0.342 e. The van der Waals surface area contributed by atoms with Crippen molar-refractivity contribution in [1.29, 1.82) is 0 Å². The Labute approximate surface area is 129 Å². The van der Waals surface area contributed by atoms with Crippen LogP contribution < -0.4 is 5.32 Å². The van der Waals surface area contributed by atoms with E-state index in [2.05, 4.69) is 26.1 Å². The van der Waals surface area contributed by atoms with Gasteiger partial charge in [0.2, 0.25) is 11.8 Å². The Morgan fingerprint density at radius 2 is 1.62 bits per heavy atom. The molecule has 21 heavy (non-hydrogen) atoms. The lowest BCUT2D eigenvalue weighted by Gasteiger charge is -2.47. The molecule has 122 valence electrons. The number of piperazine rings is 1. The van der Waals surface area contributed by atoms with E-state index in [9.17, 15) is 9.59 Å². The highest BCUT2D eigenvalue weighted by Crippen LogP contribution is 2.29. The first-order valence-electron chi connectivity index (χ1n) is 8.09. The highest BCUT2D eigenvalue weighted by molar-refractivity contribution is 5.97. The average molecular weight is 296 g/mol. The minimum absolute atomic E-state index is 0.0138. The van der Waals surface area contributed by atoms with Gasteiger partial charge in [-0.05, 0) is 30.6 Å². The van der Waals surface area contributed by atoms with Crippen molar-refractivity contribution in [3.05, 3.63) is 0 Å². The first kappa shape index (κ1) is 18.0. The van der Waals surface area contributed by atoms with Crippen LogP contribution in [0.5, 0.6) is 0 Å². The van der Waals surface area contributed by atoms with Crippen LogP contribution in [0, 0.1) is 17.3 Å². The number of carbonyl (C=O) groups is 2. The van der Waals surface area contributed by atoms with Gasteiger partial charge in [0, 0.05) is 6.04 Å². The van der Waals surface area contributed by atoms with Crippen LogP contribution in [0.4, 0.5) is 0 Å². The van der Waals surface area contributed by atoms with Crippen LogP contribution in [0.25, 0.3) is 0 Å². The molecule has 0 saturated carbocycles. The van der Waals surface area contributed by atoms with Gasteiger partial charge in [0.15, 0.2) is 0 Å². The first-order chi connectivity index (χ1) is 9.46. The molecule has 0 bridgehead atoms. The fraction of sp³-hybridized carbons (Fsp3) is 0.882. The number of nitrogens with one attached hydrogen (secondary N) is 1. The number of nitrogens with zero attached hydrogens (tertiary/aromatic N) is 1. The maximum absolute atomic E-state index is 13.0. The lowest BCUT2D eigenvalue weighted by molar-refractivity contribution is -0.157. The maximum Gasteiger partial charge on any atom is 0.246 e. The van der Waals surface area contributed by atoms with Gasteiger partial charge in [-0.1, -0.05) is 48.5 Å². The summed E-state index contributed by atoms with van der Waals surface area (Å²) in [6, 6.07) is -0.708. The van der Waals surface area contributed by atoms with Gasteiger partial charge in [0.25, 0.3) is 0 Å². The molecule has 0 aliphatic carbocycles. The summed E-state index contributed by atoms with van der Waals surface area (Å²) >= 11 is 0. The molecular weight excluding hydrogens is 264 g/mol. The molecule has 1 N–H and O–H groups in total. The Hall–Kier alpha value is -1.06. The third kappa shape index (κ3) is 3.98. The number of hydrogen-bond donors (Lipinski definition) is 1. The lowest BCUT2D eigenvalue weighted by Crippen LogP contribution is -2.69.